The molecule has 0 aliphatic carbocycles. The number of oxazole rings is 1. The van der Waals surface area contributed by atoms with E-state index in [1.807, 2.05) is 18.2 Å². The van der Waals surface area contributed by atoms with Crippen LogP contribution in [0.1, 0.15) is 17.0 Å². The Labute approximate surface area is 116 Å². The van der Waals surface area contributed by atoms with Gasteiger partial charge in [0.15, 0.2) is 11.5 Å². The van der Waals surface area contributed by atoms with Crippen molar-refractivity contribution in [3.05, 3.63) is 65.3 Å². The van der Waals surface area contributed by atoms with Gasteiger partial charge in [0.25, 0.3) is 0 Å². The van der Waals surface area contributed by atoms with E-state index in [0.29, 0.717) is 18.9 Å². The number of fused-ring (bicyclic) bond motifs is 1. The number of hydrogen-bond acceptors (Lipinski definition) is 3. The quantitative estimate of drug-likeness (QED) is 0.792. The van der Waals surface area contributed by atoms with Gasteiger partial charge in [0.2, 0.25) is 0 Å². The van der Waals surface area contributed by atoms with Crippen LogP contribution in [0.4, 0.5) is 4.39 Å². The van der Waals surface area contributed by atoms with E-state index in [1.165, 1.54) is 12.1 Å². The van der Waals surface area contributed by atoms with Crippen molar-refractivity contribution in [1.82, 2.24) is 4.98 Å². The molecule has 20 heavy (non-hydrogen) atoms. The fourth-order valence-electron chi connectivity index (χ4n) is 2.20. The van der Waals surface area contributed by atoms with Gasteiger partial charge in [0.1, 0.15) is 11.3 Å². The van der Waals surface area contributed by atoms with Crippen molar-refractivity contribution in [2.45, 2.75) is 12.8 Å². The molecule has 3 aromatic rings. The maximum atomic E-state index is 12.9. The van der Waals surface area contributed by atoms with Gasteiger partial charge in [-0.15, -0.1) is 0 Å². The molecule has 0 bridgehead atoms. The number of rotatable bonds is 4. The van der Waals surface area contributed by atoms with E-state index >= 15 is 0 Å². The smallest absolute Gasteiger partial charge is 0.199 e. The van der Waals surface area contributed by atoms with E-state index in [2.05, 4.69) is 4.98 Å². The monoisotopic (exact) mass is 270 g/mol. The van der Waals surface area contributed by atoms with Gasteiger partial charge >= 0.3 is 0 Å². The third kappa shape index (κ3) is 2.70. The normalized spacial score (nSPS) is 11.1. The highest BCUT2D eigenvalue weighted by Gasteiger charge is 2.07. The molecule has 4 heteroatoms. The Morgan fingerprint density at radius 1 is 1.05 bits per heavy atom. The molecule has 0 unspecified atom stereocenters. The second-order valence-electron chi connectivity index (χ2n) is 4.75. The minimum atomic E-state index is -0.238. The molecule has 1 heterocycles. The number of halogens is 1. The Bertz CT molecular complexity index is 719. The van der Waals surface area contributed by atoms with E-state index in [1.54, 1.807) is 12.1 Å². The van der Waals surface area contributed by atoms with Crippen molar-refractivity contribution in [3.8, 4) is 0 Å². The van der Waals surface area contributed by atoms with Crippen LogP contribution in [0.2, 0.25) is 0 Å². The van der Waals surface area contributed by atoms with Crippen molar-refractivity contribution in [2.24, 2.45) is 5.73 Å². The molecule has 3 rings (SSSR count). The predicted octanol–water partition coefficient (Wildman–Crippen LogP) is 3.06. The van der Waals surface area contributed by atoms with Crippen molar-refractivity contribution >= 4 is 11.1 Å². The fourth-order valence-corrected chi connectivity index (χ4v) is 2.20. The predicted molar refractivity (Wildman–Crippen MR) is 76.0 cm³/mol. The summed E-state index contributed by atoms with van der Waals surface area (Å²) in [5.74, 6) is 0.397. The van der Waals surface area contributed by atoms with Gasteiger partial charge in [0.05, 0.1) is 0 Å². The second kappa shape index (κ2) is 5.43. The zero-order valence-electron chi connectivity index (χ0n) is 11.0. The molecule has 102 valence electrons. The van der Waals surface area contributed by atoms with Gasteiger partial charge in [-0.2, -0.15) is 0 Å². The van der Waals surface area contributed by atoms with Crippen molar-refractivity contribution in [1.29, 1.82) is 0 Å². The van der Waals surface area contributed by atoms with E-state index in [4.69, 9.17) is 10.2 Å². The van der Waals surface area contributed by atoms with Gasteiger partial charge in [0, 0.05) is 6.42 Å². The first-order valence-corrected chi connectivity index (χ1v) is 6.57. The van der Waals surface area contributed by atoms with Crippen LogP contribution in [0.3, 0.4) is 0 Å². The molecule has 0 fully saturated rings. The van der Waals surface area contributed by atoms with Gasteiger partial charge in [-0.05, 0) is 48.4 Å². The number of hydrogen-bond donors (Lipinski definition) is 1. The summed E-state index contributed by atoms with van der Waals surface area (Å²) in [5.41, 5.74) is 9.28. The van der Waals surface area contributed by atoms with Crippen LogP contribution in [-0.2, 0) is 12.8 Å². The molecule has 0 aliphatic rings. The molecule has 0 saturated carbocycles. The summed E-state index contributed by atoms with van der Waals surface area (Å²) in [6, 6.07) is 12.3. The van der Waals surface area contributed by atoms with Crippen LogP contribution in [-0.4, -0.2) is 11.5 Å². The highest BCUT2D eigenvalue weighted by molar-refractivity contribution is 5.73. The summed E-state index contributed by atoms with van der Waals surface area (Å²) < 4.78 is 18.6. The molecule has 3 nitrogen and oxygen atoms in total. The molecule has 0 spiro atoms. The third-order valence-electron chi connectivity index (χ3n) is 3.20. The summed E-state index contributed by atoms with van der Waals surface area (Å²) in [4.78, 5) is 4.47. The Morgan fingerprint density at radius 2 is 1.80 bits per heavy atom. The first-order valence-electron chi connectivity index (χ1n) is 6.57. The average molecular weight is 270 g/mol. The van der Waals surface area contributed by atoms with Gasteiger partial charge in [-0.3, -0.25) is 0 Å². The van der Waals surface area contributed by atoms with Crippen molar-refractivity contribution < 1.29 is 8.81 Å². The summed E-state index contributed by atoms with van der Waals surface area (Å²) >= 11 is 0. The molecule has 1 aromatic heterocycles. The number of benzene rings is 2. The second-order valence-corrected chi connectivity index (χ2v) is 4.75. The third-order valence-corrected chi connectivity index (χ3v) is 3.20. The zero-order chi connectivity index (χ0) is 13.9. The maximum Gasteiger partial charge on any atom is 0.199 e. The Hall–Kier alpha value is -2.20. The Balaban J connectivity index is 1.86. The van der Waals surface area contributed by atoms with Crippen LogP contribution in [0, 0.1) is 5.82 Å². The molecule has 0 amide bonds. The largest absolute Gasteiger partial charge is 0.440 e. The van der Waals surface area contributed by atoms with E-state index in [0.717, 1.165) is 28.6 Å². The zero-order valence-corrected chi connectivity index (χ0v) is 11.0. The molecule has 0 atom stereocenters. The molecule has 2 aromatic carbocycles. The number of nitrogens with two attached hydrogens (primary N) is 1. The lowest BCUT2D eigenvalue weighted by atomic mass is 10.1. The van der Waals surface area contributed by atoms with Crippen molar-refractivity contribution in [3.63, 3.8) is 0 Å². The summed E-state index contributed by atoms with van der Waals surface area (Å²) in [7, 11) is 0. The molecular weight excluding hydrogens is 255 g/mol. The first-order chi connectivity index (χ1) is 9.74. The number of nitrogens with zero attached hydrogens (tertiary/aromatic N) is 1. The highest BCUT2D eigenvalue weighted by atomic mass is 19.1. The van der Waals surface area contributed by atoms with E-state index in [-0.39, 0.29) is 5.82 Å². The van der Waals surface area contributed by atoms with Crippen LogP contribution >= 0.6 is 0 Å². The minimum Gasteiger partial charge on any atom is -0.440 e. The van der Waals surface area contributed by atoms with Gasteiger partial charge < -0.3 is 10.2 Å². The summed E-state index contributed by atoms with van der Waals surface area (Å²) in [5, 5.41) is 0. The molecule has 2 N–H and O–H groups in total. The summed E-state index contributed by atoms with van der Waals surface area (Å²) in [6.45, 7) is 0.617. The van der Waals surface area contributed by atoms with Crippen LogP contribution in [0.5, 0.6) is 0 Å². The maximum absolute atomic E-state index is 12.9. The van der Waals surface area contributed by atoms with E-state index < -0.39 is 0 Å². The Kier molecular flexibility index (Phi) is 3.48. The van der Waals surface area contributed by atoms with Gasteiger partial charge in [-0.1, -0.05) is 18.2 Å². The lowest BCUT2D eigenvalue weighted by Crippen LogP contribution is -2.02. The standard InChI is InChI=1S/C16H15FN2O/c17-13-4-1-11(2-5-13)10-16-19-14-9-12(7-8-18)3-6-15(14)20-16/h1-6,9H,7-8,10,18H2. The molecular formula is C16H15FN2O. The lowest BCUT2D eigenvalue weighted by molar-refractivity contribution is 0.543. The average Bonchev–Trinajstić information content (AvgIpc) is 2.83. The molecule has 0 aliphatic heterocycles. The minimum absolute atomic E-state index is 0.238. The van der Waals surface area contributed by atoms with Crippen LogP contribution in [0.25, 0.3) is 11.1 Å². The van der Waals surface area contributed by atoms with Gasteiger partial charge in [-0.25, -0.2) is 9.37 Å². The lowest BCUT2D eigenvalue weighted by Gasteiger charge is -1.96. The first kappa shape index (κ1) is 12.8. The Morgan fingerprint density at radius 3 is 2.55 bits per heavy atom. The molecule has 0 radical (unpaired) electrons. The van der Waals surface area contributed by atoms with Crippen LogP contribution in [0.15, 0.2) is 46.9 Å². The van der Waals surface area contributed by atoms with E-state index in [9.17, 15) is 4.39 Å². The fraction of sp³-hybridized carbons (Fsp3) is 0.188. The SMILES string of the molecule is NCCc1ccc2oc(Cc3ccc(F)cc3)nc2c1. The number of aromatic nitrogens is 1. The van der Waals surface area contributed by atoms with Crippen LogP contribution < -0.4 is 5.73 Å². The summed E-state index contributed by atoms with van der Waals surface area (Å²) in [6.07, 6.45) is 1.39. The highest BCUT2D eigenvalue weighted by Crippen LogP contribution is 2.19. The topological polar surface area (TPSA) is 52.0 Å². The molecule has 0 saturated heterocycles. The van der Waals surface area contributed by atoms with Crippen molar-refractivity contribution in [2.75, 3.05) is 6.54 Å².